The predicted molar refractivity (Wildman–Crippen MR) is 119 cm³/mol. The number of hydrogen-bond acceptors (Lipinski definition) is 13. The van der Waals surface area contributed by atoms with Crippen LogP contribution in [0.1, 0.15) is 12.0 Å². The van der Waals surface area contributed by atoms with E-state index in [-0.39, 0.29) is 25.6 Å². The average molecular weight is 564 g/mol. The first-order valence-corrected chi connectivity index (χ1v) is 14.2. The molecule has 0 aromatic carbocycles. The summed E-state index contributed by atoms with van der Waals surface area (Å²) in [4.78, 5) is 45.9. The van der Waals surface area contributed by atoms with Gasteiger partial charge in [0.15, 0.2) is 0 Å². The van der Waals surface area contributed by atoms with Gasteiger partial charge in [-0.15, -0.1) is 6.58 Å². The number of nitrogens with zero attached hydrogens (tertiary/aromatic N) is 3. The van der Waals surface area contributed by atoms with Crippen LogP contribution in [0.3, 0.4) is 0 Å². The van der Waals surface area contributed by atoms with Crippen LogP contribution in [0.25, 0.3) is 0 Å². The lowest BCUT2D eigenvalue weighted by molar-refractivity contribution is -0.110. The van der Waals surface area contributed by atoms with E-state index in [1.807, 2.05) is 0 Å². The van der Waals surface area contributed by atoms with Crippen molar-refractivity contribution in [3.8, 4) is 0 Å². The molecule has 0 saturated carbocycles. The zero-order valence-corrected chi connectivity index (χ0v) is 21.3. The topological polar surface area (TPSA) is 243 Å². The fourth-order valence-electron chi connectivity index (χ4n) is 2.95. The maximum absolute atomic E-state index is 12.1. The Labute approximate surface area is 200 Å². The first-order chi connectivity index (χ1) is 16.1. The van der Waals surface area contributed by atoms with Crippen LogP contribution in [0, 0.1) is 6.92 Å². The Hall–Kier alpha value is -1.29. The van der Waals surface area contributed by atoms with Gasteiger partial charge in [-0.25, -0.2) is 23.7 Å². The molecule has 0 amide bonds. The molecule has 0 aliphatic carbocycles. The number of rotatable bonds is 14. The van der Waals surface area contributed by atoms with Gasteiger partial charge in [-0.1, -0.05) is 6.08 Å². The van der Waals surface area contributed by atoms with Gasteiger partial charge in [0.05, 0.1) is 19.3 Å². The molecule has 4 unspecified atom stereocenters. The van der Waals surface area contributed by atoms with Crippen molar-refractivity contribution in [1.82, 2.24) is 9.97 Å². The Morgan fingerprint density at radius 2 is 1.91 bits per heavy atom. The molecular formula is C15H27N4O13P3. The predicted octanol–water partition coefficient (Wildman–Crippen LogP) is 0.807. The zero-order valence-electron chi connectivity index (χ0n) is 18.6. The second kappa shape index (κ2) is 12.3. The number of hydrogen-bond donors (Lipinski definition) is 5. The maximum Gasteiger partial charge on any atom is 0.490 e. The van der Waals surface area contributed by atoms with Crippen molar-refractivity contribution in [2.24, 2.45) is 0 Å². The third-order valence-electron chi connectivity index (χ3n) is 4.46. The van der Waals surface area contributed by atoms with Gasteiger partial charge >= 0.3 is 23.5 Å². The average Bonchev–Trinajstić information content (AvgIpc) is 3.12. The van der Waals surface area contributed by atoms with E-state index >= 15 is 0 Å². The first-order valence-electron chi connectivity index (χ1n) is 9.68. The van der Waals surface area contributed by atoms with Gasteiger partial charge in [-0.3, -0.25) is 4.52 Å². The molecule has 1 aromatic heterocycles. The molecule has 0 radical (unpaired) electrons. The molecule has 6 N–H and O–H groups in total. The highest BCUT2D eigenvalue weighted by Gasteiger charge is 2.44. The van der Waals surface area contributed by atoms with Gasteiger partial charge in [0, 0.05) is 19.0 Å². The van der Waals surface area contributed by atoms with Gasteiger partial charge in [-0.05, 0) is 6.92 Å². The largest absolute Gasteiger partial charge is 0.490 e. The van der Waals surface area contributed by atoms with Crippen molar-refractivity contribution in [1.29, 1.82) is 0 Å². The van der Waals surface area contributed by atoms with E-state index in [9.17, 15) is 23.5 Å². The van der Waals surface area contributed by atoms with E-state index in [4.69, 9.17) is 34.3 Å². The molecular weight excluding hydrogens is 537 g/mol. The van der Waals surface area contributed by atoms with E-state index in [1.165, 1.54) is 12.4 Å². The maximum atomic E-state index is 12.1. The molecule has 1 fully saturated rings. The summed E-state index contributed by atoms with van der Waals surface area (Å²) in [5.41, 5.74) is 6.41. The van der Waals surface area contributed by atoms with Crippen LogP contribution in [-0.4, -0.2) is 75.0 Å². The quantitative estimate of drug-likeness (QED) is 0.0908. The Bertz CT molecular complexity index is 1020. The van der Waals surface area contributed by atoms with Crippen LogP contribution >= 0.6 is 23.5 Å². The van der Waals surface area contributed by atoms with Crippen molar-refractivity contribution in [2.75, 3.05) is 37.7 Å². The van der Waals surface area contributed by atoms with Gasteiger partial charge in [0.2, 0.25) is 0 Å². The Kier molecular flexibility index (Phi) is 10.5. The van der Waals surface area contributed by atoms with Crippen molar-refractivity contribution in [3.05, 3.63) is 24.5 Å². The van der Waals surface area contributed by atoms with Crippen LogP contribution in [0.2, 0.25) is 0 Å². The van der Waals surface area contributed by atoms with Gasteiger partial charge in [0.1, 0.15) is 37.1 Å². The molecule has 1 aliphatic heterocycles. The van der Waals surface area contributed by atoms with Crippen molar-refractivity contribution in [3.63, 3.8) is 0 Å². The summed E-state index contributed by atoms with van der Waals surface area (Å²) in [5, 5.41) is 0. The molecule has 200 valence electrons. The van der Waals surface area contributed by atoms with Crippen molar-refractivity contribution in [2.45, 2.75) is 31.8 Å². The molecule has 2 heterocycles. The van der Waals surface area contributed by atoms with E-state index < -0.39 is 48.5 Å². The molecule has 2 rings (SSSR count). The molecule has 0 spiro atoms. The summed E-state index contributed by atoms with van der Waals surface area (Å²) in [5.74, 6) is 0.715. The number of phosphoric acid groups is 3. The van der Waals surface area contributed by atoms with Gasteiger partial charge in [0.25, 0.3) is 0 Å². The lowest BCUT2D eigenvalue weighted by Crippen LogP contribution is -2.33. The number of ether oxygens (including phenoxy) is 3. The van der Waals surface area contributed by atoms with E-state index in [0.717, 1.165) is 0 Å². The van der Waals surface area contributed by atoms with Crippen LogP contribution in [0.4, 0.5) is 11.6 Å². The number of aromatic nitrogens is 2. The summed E-state index contributed by atoms with van der Waals surface area (Å²) in [7, 11) is -14.8. The Morgan fingerprint density at radius 1 is 1.23 bits per heavy atom. The molecule has 35 heavy (non-hydrogen) atoms. The SMILES string of the molecule is C=CCOCOC1C[C@H](N(C)c2ncnc(N)c2C)OC1COP(=O)(O)OP(=O)(O)OP(=O)(O)O. The normalized spacial score (nSPS) is 24.0. The summed E-state index contributed by atoms with van der Waals surface area (Å²) in [6.07, 6.45) is 0.537. The molecule has 0 bridgehead atoms. The van der Waals surface area contributed by atoms with Gasteiger partial charge < -0.3 is 44.4 Å². The minimum absolute atomic E-state index is 0.179. The summed E-state index contributed by atoms with van der Waals surface area (Å²) < 4.78 is 63.1. The monoisotopic (exact) mass is 564 g/mol. The highest BCUT2D eigenvalue weighted by molar-refractivity contribution is 7.66. The van der Waals surface area contributed by atoms with Crippen LogP contribution < -0.4 is 10.6 Å². The number of anilines is 2. The van der Waals surface area contributed by atoms with Crippen LogP contribution in [-0.2, 0) is 41.1 Å². The Morgan fingerprint density at radius 3 is 2.54 bits per heavy atom. The third-order valence-corrected chi connectivity index (χ3v) is 8.26. The lowest BCUT2D eigenvalue weighted by atomic mass is 10.2. The highest BCUT2D eigenvalue weighted by atomic mass is 31.3. The third kappa shape index (κ3) is 9.59. The standard InChI is InChI=1S/C15H27N4O13P3/c1-4-5-27-9-28-11-6-13(19(3)15-10(2)14(16)17-8-18-15)30-12(11)7-29-34(23,24)32-35(25,26)31-33(20,21)22/h4,8,11-13H,1,5-7,9H2,2-3H3,(H,23,24)(H,25,26)(H2,16,17,18)(H2,20,21,22)/t11?,12?,13-/m1/s1. The van der Waals surface area contributed by atoms with Crippen molar-refractivity contribution < 1.29 is 60.6 Å². The number of nitrogens with two attached hydrogens (primary N) is 1. The molecule has 1 saturated heterocycles. The smallest absolute Gasteiger partial charge is 0.383 e. The fraction of sp³-hybridized carbons (Fsp3) is 0.600. The summed E-state index contributed by atoms with van der Waals surface area (Å²) in [6, 6.07) is 0. The molecule has 1 aromatic rings. The summed E-state index contributed by atoms with van der Waals surface area (Å²) >= 11 is 0. The van der Waals surface area contributed by atoms with Gasteiger partial charge in [-0.2, -0.15) is 8.62 Å². The molecule has 20 heteroatoms. The summed E-state index contributed by atoms with van der Waals surface area (Å²) in [6.45, 7) is 4.54. The minimum Gasteiger partial charge on any atom is -0.383 e. The zero-order chi connectivity index (χ0) is 26.4. The lowest BCUT2D eigenvalue weighted by Gasteiger charge is -2.26. The highest BCUT2D eigenvalue weighted by Crippen LogP contribution is 2.66. The Balaban J connectivity index is 2.10. The number of nitrogen functional groups attached to an aromatic ring is 1. The molecule has 1 aliphatic rings. The first kappa shape index (κ1) is 29.9. The minimum atomic E-state index is -5.65. The van der Waals surface area contributed by atoms with Crippen molar-refractivity contribution >= 4 is 35.1 Å². The van der Waals surface area contributed by atoms with E-state index in [2.05, 4.69) is 25.2 Å². The van der Waals surface area contributed by atoms with Crippen LogP contribution in [0.5, 0.6) is 0 Å². The van der Waals surface area contributed by atoms with E-state index in [1.54, 1.807) is 18.9 Å². The number of phosphoric ester groups is 1. The second-order valence-electron chi connectivity index (χ2n) is 7.05. The fourth-order valence-corrected chi connectivity index (χ4v) is 5.98. The van der Waals surface area contributed by atoms with E-state index in [0.29, 0.717) is 11.4 Å². The second-order valence-corrected chi connectivity index (χ2v) is 11.5. The van der Waals surface area contributed by atoms with Crippen LogP contribution in [0.15, 0.2) is 19.0 Å². The molecule has 5 atom stereocenters. The molecule has 17 nitrogen and oxygen atoms in total.